The maximum atomic E-state index is 9.04. The predicted molar refractivity (Wildman–Crippen MR) is 49.1 cm³/mol. The lowest BCUT2D eigenvalue weighted by Gasteiger charge is -2.16. The van der Waals surface area contributed by atoms with Gasteiger partial charge in [-0.05, 0) is 26.2 Å². The first-order chi connectivity index (χ1) is 5.68. The first-order valence-corrected chi connectivity index (χ1v) is 5.00. The lowest BCUT2D eigenvalue weighted by atomic mass is 10.1. The topological polar surface area (TPSA) is 29.5 Å². The number of hydrogen-bond acceptors (Lipinski definition) is 2. The standard InChI is InChI=1S/C10H20O2/c1-3-4-5-10(6-7-10)12-8-9(2)11/h9,11H,3-8H2,1-2H3. The molecule has 0 saturated heterocycles. The summed E-state index contributed by atoms with van der Waals surface area (Å²) in [5, 5.41) is 9.04. The maximum absolute atomic E-state index is 9.04. The Morgan fingerprint density at radius 1 is 1.50 bits per heavy atom. The molecule has 0 spiro atoms. The molecule has 1 fully saturated rings. The lowest BCUT2D eigenvalue weighted by molar-refractivity contribution is -0.0224. The minimum atomic E-state index is -0.316. The average Bonchev–Trinajstić information content (AvgIpc) is 2.79. The quantitative estimate of drug-likeness (QED) is 0.665. The Morgan fingerprint density at radius 2 is 2.17 bits per heavy atom. The summed E-state index contributed by atoms with van der Waals surface area (Å²) in [7, 11) is 0. The summed E-state index contributed by atoms with van der Waals surface area (Å²) in [4.78, 5) is 0. The van der Waals surface area contributed by atoms with Crippen molar-refractivity contribution in [2.75, 3.05) is 6.61 Å². The Balaban J connectivity index is 2.12. The van der Waals surface area contributed by atoms with Gasteiger partial charge in [-0.15, -0.1) is 0 Å². The molecule has 0 aromatic rings. The second-order valence-electron chi connectivity index (χ2n) is 3.95. The molecule has 1 N–H and O–H groups in total. The minimum Gasteiger partial charge on any atom is -0.391 e. The van der Waals surface area contributed by atoms with E-state index in [1.165, 1.54) is 32.1 Å². The van der Waals surface area contributed by atoms with Gasteiger partial charge in [0.2, 0.25) is 0 Å². The maximum Gasteiger partial charge on any atom is 0.0745 e. The third kappa shape index (κ3) is 3.11. The zero-order valence-corrected chi connectivity index (χ0v) is 8.18. The highest BCUT2D eigenvalue weighted by atomic mass is 16.5. The molecule has 0 radical (unpaired) electrons. The van der Waals surface area contributed by atoms with Gasteiger partial charge in [0.05, 0.1) is 18.3 Å². The van der Waals surface area contributed by atoms with Crippen LogP contribution in [0.25, 0.3) is 0 Å². The monoisotopic (exact) mass is 172 g/mol. The van der Waals surface area contributed by atoms with Crippen LogP contribution in [0.1, 0.15) is 46.0 Å². The van der Waals surface area contributed by atoms with Crippen LogP contribution in [-0.2, 0) is 4.74 Å². The number of ether oxygens (including phenoxy) is 1. The molecule has 1 aliphatic rings. The predicted octanol–water partition coefficient (Wildman–Crippen LogP) is 2.11. The molecule has 1 rings (SSSR count). The molecule has 0 aromatic heterocycles. The van der Waals surface area contributed by atoms with Gasteiger partial charge in [0.25, 0.3) is 0 Å². The summed E-state index contributed by atoms with van der Waals surface area (Å²) >= 11 is 0. The number of unbranched alkanes of at least 4 members (excludes halogenated alkanes) is 1. The van der Waals surface area contributed by atoms with E-state index >= 15 is 0 Å². The molecule has 0 aliphatic heterocycles. The van der Waals surface area contributed by atoms with Crippen LogP contribution < -0.4 is 0 Å². The summed E-state index contributed by atoms with van der Waals surface area (Å²) in [6, 6.07) is 0. The van der Waals surface area contributed by atoms with Crippen LogP contribution in [0.15, 0.2) is 0 Å². The first kappa shape index (κ1) is 10.0. The molecular formula is C10H20O2. The van der Waals surface area contributed by atoms with Gasteiger partial charge < -0.3 is 9.84 Å². The van der Waals surface area contributed by atoms with Crippen LogP contribution in [-0.4, -0.2) is 23.4 Å². The zero-order valence-electron chi connectivity index (χ0n) is 8.18. The Labute approximate surface area is 74.9 Å². The molecule has 72 valence electrons. The largest absolute Gasteiger partial charge is 0.391 e. The molecule has 2 nitrogen and oxygen atoms in total. The second kappa shape index (κ2) is 4.24. The van der Waals surface area contributed by atoms with Gasteiger partial charge in [-0.1, -0.05) is 19.8 Å². The zero-order chi connectivity index (χ0) is 9.03. The van der Waals surface area contributed by atoms with Gasteiger partial charge in [-0.25, -0.2) is 0 Å². The molecule has 0 amide bonds. The van der Waals surface area contributed by atoms with Gasteiger partial charge in [0.1, 0.15) is 0 Å². The second-order valence-corrected chi connectivity index (χ2v) is 3.95. The normalized spacial score (nSPS) is 22.2. The average molecular weight is 172 g/mol. The number of rotatable bonds is 6. The molecule has 1 atom stereocenters. The van der Waals surface area contributed by atoms with E-state index in [0.717, 1.165) is 0 Å². The van der Waals surface area contributed by atoms with Gasteiger partial charge in [0.15, 0.2) is 0 Å². The van der Waals surface area contributed by atoms with Gasteiger partial charge in [-0.2, -0.15) is 0 Å². The molecule has 0 heterocycles. The van der Waals surface area contributed by atoms with E-state index in [1.54, 1.807) is 6.92 Å². The molecule has 0 bridgehead atoms. The highest BCUT2D eigenvalue weighted by molar-refractivity contribution is 4.95. The first-order valence-electron chi connectivity index (χ1n) is 5.00. The Kier molecular flexibility index (Phi) is 3.53. The van der Waals surface area contributed by atoms with Crippen molar-refractivity contribution in [2.45, 2.75) is 57.7 Å². The SMILES string of the molecule is CCCCC1(OCC(C)O)CC1. The Bertz CT molecular complexity index is 128. The van der Waals surface area contributed by atoms with Crippen molar-refractivity contribution in [3.8, 4) is 0 Å². The Morgan fingerprint density at radius 3 is 2.58 bits per heavy atom. The van der Waals surface area contributed by atoms with Crippen LogP contribution in [0.4, 0.5) is 0 Å². The van der Waals surface area contributed by atoms with E-state index in [2.05, 4.69) is 6.92 Å². The van der Waals surface area contributed by atoms with Gasteiger partial charge in [0, 0.05) is 0 Å². The fourth-order valence-corrected chi connectivity index (χ4v) is 1.40. The van der Waals surface area contributed by atoms with Crippen LogP contribution in [0, 0.1) is 0 Å². The number of aliphatic hydroxyl groups excluding tert-OH is 1. The van der Waals surface area contributed by atoms with Gasteiger partial charge in [-0.3, -0.25) is 0 Å². The minimum absolute atomic E-state index is 0.174. The van der Waals surface area contributed by atoms with Crippen molar-refractivity contribution in [1.29, 1.82) is 0 Å². The molecule has 1 unspecified atom stereocenters. The van der Waals surface area contributed by atoms with Crippen molar-refractivity contribution in [3.05, 3.63) is 0 Å². The highest BCUT2D eigenvalue weighted by Crippen LogP contribution is 2.43. The van der Waals surface area contributed by atoms with E-state index in [9.17, 15) is 0 Å². The fraction of sp³-hybridized carbons (Fsp3) is 1.00. The molecular weight excluding hydrogens is 152 g/mol. The number of aliphatic hydroxyl groups is 1. The summed E-state index contributed by atoms with van der Waals surface area (Å²) in [6.45, 7) is 4.48. The molecule has 2 heteroatoms. The van der Waals surface area contributed by atoms with Crippen LogP contribution in [0.5, 0.6) is 0 Å². The number of hydrogen-bond donors (Lipinski definition) is 1. The van der Waals surface area contributed by atoms with E-state index < -0.39 is 0 Å². The molecule has 1 aliphatic carbocycles. The van der Waals surface area contributed by atoms with Crippen LogP contribution in [0.3, 0.4) is 0 Å². The van der Waals surface area contributed by atoms with Crippen molar-refractivity contribution in [3.63, 3.8) is 0 Å². The van der Waals surface area contributed by atoms with Crippen molar-refractivity contribution < 1.29 is 9.84 Å². The van der Waals surface area contributed by atoms with E-state index in [0.29, 0.717) is 6.61 Å². The third-order valence-corrected chi connectivity index (χ3v) is 2.42. The van der Waals surface area contributed by atoms with Gasteiger partial charge >= 0.3 is 0 Å². The summed E-state index contributed by atoms with van der Waals surface area (Å²) in [5.41, 5.74) is 0.174. The van der Waals surface area contributed by atoms with E-state index in [4.69, 9.17) is 9.84 Å². The van der Waals surface area contributed by atoms with E-state index in [-0.39, 0.29) is 11.7 Å². The molecule has 12 heavy (non-hydrogen) atoms. The van der Waals surface area contributed by atoms with Crippen LogP contribution >= 0.6 is 0 Å². The fourth-order valence-electron chi connectivity index (χ4n) is 1.40. The summed E-state index contributed by atoms with van der Waals surface area (Å²) in [6.07, 6.45) is 5.74. The third-order valence-electron chi connectivity index (χ3n) is 2.42. The Hall–Kier alpha value is -0.0800. The van der Waals surface area contributed by atoms with E-state index in [1.807, 2.05) is 0 Å². The lowest BCUT2D eigenvalue weighted by Crippen LogP contribution is -2.20. The summed E-state index contributed by atoms with van der Waals surface area (Å²) < 4.78 is 5.65. The molecule has 0 aromatic carbocycles. The summed E-state index contributed by atoms with van der Waals surface area (Å²) in [5.74, 6) is 0. The smallest absolute Gasteiger partial charge is 0.0745 e. The van der Waals surface area contributed by atoms with Crippen molar-refractivity contribution in [2.24, 2.45) is 0 Å². The van der Waals surface area contributed by atoms with Crippen molar-refractivity contribution >= 4 is 0 Å². The van der Waals surface area contributed by atoms with Crippen molar-refractivity contribution in [1.82, 2.24) is 0 Å². The highest BCUT2D eigenvalue weighted by Gasteiger charge is 2.43. The van der Waals surface area contributed by atoms with Crippen LogP contribution in [0.2, 0.25) is 0 Å². The molecule has 1 saturated carbocycles.